The number of hydrogen-bond acceptors (Lipinski definition) is 8. The van der Waals surface area contributed by atoms with Crippen LogP contribution in [0.4, 0.5) is 5.13 Å². The molecule has 1 saturated carbocycles. The molecule has 0 unspecified atom stereocenters. The molecular formula is C17H17N5O2S2. The van der Waals surface area contributed by atoms with E-state index in [2.05, 4.69) is 20.3 Å². The molecule has 0 radical (unpaired) electrons. The highest BCUT2D eigenvalue weighted by Gasteiger charge is 2.34. The van der Waals surface area contributed by atoms with Gasteiger partial charge in [0.25, 0.3) is 0 Å². The molecule has 2 aromatic heterocycles. The van der Waals surface area contributed by atoms with Gasteiger partial charge in [-0.25, -0.2) is 0 Å². The second kappa shape index (κ2) is 7.16. The Morgan fingerprint density at radius 2 is 2.23 bits per heavy atom. The summed E-state index contributed by atoms with van der Waals surface area (Å²) in [7, 11) is 0. The molecule has 134 valence electrons. The van der Waals surface area contributed by atoms with E-state index in [1.165, 1.54) is 23.1 Å². The average molecular weight is 387 g/mol. The fourth-order valence-corrected chi connectivity index (χ4v) is 4.37. The minimum Gasteiger partial charge on any atom is -0.338 e. The van der Waals surface area contributed by atoms with E-state index in [1.54, 1.807) is 11.8 Å². The Morgan fingerprint density at radius 3 is 2.96 bits per heavy atom. The van der Waals surface area contributed by atoms with Crippen LogP contribution in [0.3, 0.4) is 0 Å². The Balaban J connectivity index is 1.41. The van der Waals surface area contributed by atoms with E-state index in [4.69, 9.17) is 4.52 Å². The van der Waals surface area contributed by atoms with Crippen LogP contribution in [0.5, 0.6) is 0 Å². The van der Waals surface area contributed by atoms with E-state index in [9.17, 15) is 4.79 Å². The highest BCUT2D eigenvalue weighted by molar-refractivity contribution is 8.00. The molecule has 0 atom stereocenters. The second-order valence-electron chi connectivity index (χ2n) is 6.14. The van der Waals surface area contributed by atoms with E-state index in [1.807, 2.05) is 31.2 Å². The number of nitrogens with zero attached hydrogens (tertiary/aromatic N) is 5. The standard InChI is InChI=1S/C17H17N5O2S2/c1-10-4-3-5-12(8-10)15-18-14(24-21-15)9-25-17-20-19-16(26-17)22(11(2)23)13-6-7-13/h3-5,8,13H,6-7,9H2,1-2H3. The molecule has 1 amide bonds. The van der Waals surface area contributed by atoms with Crippen molar-refractivity contribution < 1.29 is 9.32 Å². The number of rotatable bonds is 6. The van der Waals surface area contributed by atoms with Crippen molar-refractivity contribution in [3.63, 3.8) is 0 Å². The van der Waals surface area contributed by atoms with Crippen molar-refractivity contribution in [3.8, 4) is 11.4 Å². The highest BCUT2D eigenvalue weighted by Crippen LogP contribution is 2.36. The van der Waals surface area contributed by atoms with E-state index in [0.29, 0.717) is 22.6 Å². The lowest BCUT2D eigenvalue weighted by Gasteiger charge is -2.15. The van der Waals surface area contributed by atoms with Gasteiger partial charge in [-0.15, -0.1) is 10.2 Å². The molecule has 3 aromatic rings. The number of carbonyl (C=O) groups excluding carboxylic acids is 1. The number of hydrogen-bond donors (Lipinski definition) is 0. The number of anilines is 1. The van der Waals surface area contributed by atoms with Gasteiger partial charge in [-0.2, -0.15) is 4.98 Å². The van der Waals surface area contributed by atoms with E-state index in [0.717, 1.165) is 28.3 Å². The topological polar surface area (TPSA) is 85.0 Å². The first kappa shape index (κ1) is 17.2. The molecule has 0 spiro atoms. The van der Waals surface area contributed by atoms with Crippen molar-refractivity contribution in [1.29, 1.82) is 0 Å². The van der Waals surface area contributed by atoms with Gasteiger partial charge in [0.2, 0.25) is 22.8 Å². The maximum absolute atomic E-state index is 11.8. The maximum atomic E-state index is 11.8. The van der Waals surface area contributed by atoms with Crippen LogP contribution in [0.15, 0.2) is 33.1 Å². The SMILES string of the molecule is CC(=O)N(c1nnc(SCc2nc(-c3cccc(C)c3)no2)s1)C1CC1. The van der Waals surface area contributed by atoms with Gasteiger partial charge in [-0.1, -0.05) is 52.0 Å². The monoisotopic (exact) mass is 387 g/mol. The number of aromatic nitrogens is 4. The zero-order chi connectivity index (χ0) is 18.1. The van der Waals surface area contributed by atoms with Crippen molar-refractivity contribution in [2.75, 3.05) is 4.90 Å². The van der Waals surface area contributed by atoms with Gasteiger partial charge in [-0.05, 0) is 25.8 Å². The highest BCUT2D eigenvalue weighted by atomic mass is 32.2. The Morgan fingerprint density at radius 1 is 1.38 bits per heavy atom. The van der Waals surface area contributed by atoms with Crippen LogP contribution in [-0.4, -0.2) is 32.3 Å². The summed E-state index contributed by atoms with van der Waals surface area (Å²) in [6.07, 6.45) is 2.07. The summed E-state index contributed by atoms with van der Waals surface area (Å²) >= 11 is 2.90. The summed E-state index contributed by atoms with van der Waals surface area (Å²) in [5.41, 5.74) is 2.08. The van der Waals surface area contributed by atoms with Gasteiger partial charge < -0.3 is 4.52 Å². The van der Waals surface area contributed by atoms with Gasteiger partial charge in [-0.3, -0.25) is 9.69 Å². The number of carbonyl (C=O) groups is 1. The smallest absolute Gasteiger partial charge is 0.237 e. The third-order valence-corrected chi connectivity index (χ3v) is 5.96. The lowest BCUT2D eigenvalue weighted by Crippen LogP contribution is -2.30. The molecule has 1 aromatic carbocycles. The molecule has 1 aliphatic carbocycles. The molecule has 0 saturated heterocycles. The number of amides is 1. The summed E-state index contributed by atoms with van der Waals surface area (Å²) in [4.78, 5) is 18.0. The minimum absolute atomic E-state index is 0.0138. The van der Waals surface area contributed by atoms with Crippen LogP contribution in [0.2, 0.25) is 0 Å². The third-order valence-electron chi connectivity index (χ3n) is 3.92. The zero-order valence-electron chi connectivity index (χ0n) is 14.4. The van der Waals surface area contributed by atoms with Gasteiger partial charge in [0.05, 0.1) is 5.75 Å². The van der Waals surface area contributed by atoms with Gasteiger partial charge in [0, 0.05) is 18.5 Å². The van der Waals surface area contributed by atoms with Crippen molar-refractivity contribution in [1.82, 2.24) is 20.3 Å². The lowest BCUT2D eigenvalue weighted by molar-refractivity contribution is -0.116. The maximum Gasteiger partial charge on any atom is 0.237 e. The summed E-state index contributed by atoms with van der Waals surface area (Å²) in [5.74, 6) is 1.64. The molecule has 1 aliphatic rings. The largest absolute Gasteiger partial charge is 0.338 e. The van der Waals surface area contributed by atoms with Crippen LogP contribution in [0.25, 0.3) is 11.4 Å². The van der Waals surface area contributed by atoms with Crippen LogP contribution < -0.4 is 4.90 Å². The molecule has 26 heavy (non-hydrogen) atoms. The molecule has 0 N–H and O–H groups in total. The van der Waals surface area contributed by atoms with Crippen LogP contribution in [-0.2, 0) is 10.5 Å². The van der Waals surface area contributed by atoms with Gasteiger partial charge >= 0.3 is 0 Å². The van der Waals surface area contributed by atoms with Crippen LogP contribution in [0.1, 0.15) is 31.2 Å². The minimum atomic E-state index is 0.0138. The molecular weight excluding hydrogens is 370 g/mol. The Kier molecular flexibility index (Phi) is 4.73. The third kappa shape index (κ3) is 3.78. The van der Waals surface area contributed by atoms with E-state index in [-0.39, 0.29) is 11.9 Å². The molecule has 7 nitrogen and oxygen atoms in total. The van der Waals surface area contributed by atoms with Crippen molar-refractivity contribution in [3.05, 3.63) is 35.7 Å². The summed E-state index contributed by atoms with van der Waals surface area (Å²) in [6, 6.07) is 8.26. The van der Waals surface area contributed by atoms with Crippen LogP contribution in [0, 0.1) is 6.92 Å². The average Bonchev–Trinajstić information content (AvgIpc) is 3.14. The predicted molar refractivity (Wildman–Crippen MR) is 100 cm³/mol. The van der Waals surface area contributed by atoms with Crippen molar-refractivity contribution >= 4 is 34.1 Å². The molecule has 1 fully saturated rings. The van der Waals surface area contributed by atoms with E-state index >= 15 is 0 Å². The summed E-state index contributed by atoms with van der Waals surface area (Å²) < 4.78 is 6.11. The number of aryl methyl sites for hydroxylation is 1. The number of thioether (sulfide) groups is 1. The first-order valence-electron chi connectivity index (χ1n) is 8.26. The Bertz CT molecular complexity index is 935. The lowest BCUT2D eigenvalue weighted by atomic mass is 10.1. The fourth-order valence-electron chi connectivity index (χ4n) is 2.58. The van der Waals surface area contributed by atoms with Crippen molar-refractivity contribution in [2.24, 2.45) is 0 Å². The van der Waals surface area contributed by atoms with Crippen LogP contribution >= 0.6 is 23.1 Å². The summed E-state index contributed by atoms with van der Waals surface area (Å²) in [6.45, 7) is 3.59. The van der Waals surface area contributed by atoms with Gasteiger partial charge in [0.1, 0.15) is 0 Å². The normalized spacial score (nSPS) is 13.8. The van der Waals surface area contributed by atoms with Crippen molar-refractivity contribution in [2.45, 2.75) is 42.8 Å². The number of benzene rings is 1. The summed E-state index contributed by atoms with van der Waals surface area (Å²) in [5, 5.41) is 13.0. The molecule has 9 heteroatoms. The molecule has 0 bridgehead atoms. The fraction of sp³-hybridized carbons (Fsp3) is 0.353. The first-order chi connectivity index (χ1) is 12.6. The predicted octanol–water partition coefficient (Wildman–Crippen LogP) is 3.70. The van der Waals surface area contributed by atoms with E-state index < -0.39 is 0 Å². The first-order valence-corrected chi connectivity index (χ1v) is 10.1. The Hall–Kier alpha value is -2.26. The zero-order valence-corrected chi connectivity index (χ0v) is 16.0. The molecule has 2 heterocycles. The molecule has 0 aliphatic heterocycles. The quantitative estimate of drug-likeness (QED) is 0.471. The van der Waals surface area contributed by atoms with Gasteiger partial charge in [0.15, 0.2) is 4.34 Å². The second-order valence-corrected chi connectivity index (χ2v) is 8.32. The Labute approximate surface area is 158 Å². The molecule has 4 rings (SSSR count).